The number of hydrogen-bond donors (Lipinski definition) is 1. The summed E-state index contributed by atoms with van der Waals surface area (Å²) in [5.41, 5.74) is 7.30. The maximum atomic E-state index is 6.05. The average Bonchev–Trinajstić information content (AvgIpc) is 2.49. The first-order chi connectivity index (χ1) is 10.1. The molecule has 0 spiro atoms. The average molecular weight is 356 g/mol. The lowest BCUT2D eigenvalue weighted by molar-refractivity contribution is 0.0802. The summed E-state index contributed by atoms with van der Waals surface area (Å²) in [5.74, 6) is 0.860. The first-order valence-electron chi connectivity index (χ1n) is 7.58. The van der Waals surface area contributed by atoms with Crippen LogP contribution in [-0.4, -0.2) is 55.7 Å². The van der Waals surface area contributed by atoms with Gasteiger partial charge in [0.2, 0.25) is 0 Å². The number of nitrogens with zero attached hydrogens (tertiary/aromatic N) is 2. The van der Waals surface area contributed by atoms with Crippen molar-refractivity contribution in [3.63, 3.8) is 0 Å². The largest absolute Gasteiger partial charge is 0.496 e. The normalized spacial score (nSPS) is 19.0. The van der Waals surface area contributed by atoms with E-state index in [1.54, 1.807) is 7.11 Å². The van der Waals surface area contributed by atoms with E-state index in [-0.39, 0.29) is 6.04 Å². The summed E-state index contributed by atoms with van der Waals surface area (Å²) < 4.78 is 6.29. The predicted octanol–water partition coefficient (Wildman–Crippen LogP) is 2.48. The molecule has 1 unspecified atom stereocenters. The number of halogens is 1. The Balaban J connectivity index is 2.08. The van der Waals surface area contributed by atoms with Crippen molar-refractivity contribution in [1.29, 1.82) is 0 Å². The van der Waals surface area contributed by atoms with Crippen LogP contribution < -0.4 is 10.5 Å². The van der Waals surface area contributed by atoms with Crippen LogP contribution in [0, 0.1) is 0 Å². The van der Waals surface area contributed by atoms with E-state index in [1.807, 2.05) is 6.07 Å². The van der Waals surface area contributed by atoms with Gasteiger partial charge in [0.15, 0.2) is 0 Å². The zero-order chi connectivity index (χ0) is 15.4. The molecule has 2 rings (SSSR count). The topological polar surface area (TPSA) is 41.7 Å². The van der Waals surface area contributed by atoms with Crippen LogP contribution in [0.25, 0.3) is 0 Å². The van der Waals surface area contributed by atoms with Crippen LogP contribution in [0.5, 0.6) is 5.75 Å². The van der Waals surface area contributed by atoms with E-state index in [4.69, 9.17) is 10.5 Å². The maximum Gasteiger partial charge on any atom is 0.133 e. The third kappa shape index (κ3) is 3.97. The summed E-state index contributed by atoms with van der Waals surface area (Å²) in [4.78, 5) is 5.02. The summed E-state index contributed by atoms with van der Waals surface area (Å²) in [7, 11) is 1.69. The molecule has 118 valence electrons. The molecule has 1 aliphatic heterocycles. The molecule has 2 N–H and O–H groups in total. The Morgan fingerprint density at radius 1 is 1.19 bits per heavy atom. The Morgan fingerprint density at radius 3 is 2.29 bits per heavy atom. The smallest absolute Gasteiger partial charge is 0.133 e. The SMILES string of the molecule is COc1ccc(C(CN)N2CCN(C(C)C)CC2)cc1Br. The molecule has 0 aliphatic carbocycles. The van der Waals surface area contributed by atoms with Gasteiger partial charge in [0.1, 0.15) is 5.75 Å². The van der Waals surface area contributed by atoms with E-state index >= 15 is 0 Å². The van der Waals surface area contributed by atoms with E-state index in [9.17, 15) is 0 Å². The van der Waals surface area contributed by atoms with E-state index in [2.05, 4.69) is 51.7 Å². The van der Waals surface area contributed by atoms with Gasteiger partial charge in [0, 0.05) is 44.8 Å². The fourth-order valence-corrected chi connectivity index (χ4v) is 3.51. The summed E-state index contributed by atoms with van der Waals surface area (Å²) in [6.45, 7) is 9.54. The number of piperazine rings is 1. The van der Waals surface area contributed by atoms with Crippen molar-refractivity contribution in [2.75, 3.05) is 39.8 Å². The zero-order valence-corrected chi connectivity index (χ0v) is 14.8. The fourth-order valence-electron chi connectivity index (χ4n) is 2.95. The molecule has 0 amide bonds. The van der Waals surface area contributed by atoms with Crippen molar-refractivity contribution >= 4 is 15.9 Å². The molecule has 0 saturated carbocycles. The second-order valence-corrected chi connectivity index (χ2v) is 6.67. The molecule has 0 radical (unpaired) electrons. The number of hydrogen-bond acceptors (Lipinski definition) is 4. The summed E-state index contributed by atoms with van der Waals surface area (Å²) >= 11 is 3.56. The molecule has 1 fully saturated rings. The van der Waals surface area contributed by atoms with E-state index < -0.39 is 0 Å². The van der Waals surface area contributed by atoms with Crippen LogP contribution in [-0.2, 0) is 0 Å². The minimum Gasteiger partial charge on any atom is -0.496 e. The van der Waals surface area contributed by atoms with Crippen molar-refractivity contribution in [2.45, 2.75) is 25.9 Å². The van der Waals surface area contributed by atoms with Crippen LogP contribution in [0.3, 0.4) is 0 Å². The molecule has 1 aromatic carbocycles. The molecule has 1 aliphatic rings. The molecular formula is C16H26BrN3O. The van der Waals surface area contributed by atoms with Crippen molar-refractivity contribution in [1.82, 2.24) is 9.80 Å². The van der Waals surface area contributed by atoms with Gasteiger partial charge in [-0.25, -0.2) is 0 Å². The third-order valence-electron chi connectivity index (χ3n) is 4.30. The van der Waals surface area contributed by atoms with Gasteiger partial charge in [-0.2, -0.15) is 0 Å². The molecule has 1 aromatic rings. The monoisotopic (exact) mass is 355 g/mol. The fraction of sp³-hybridized carbons (Fsp3) is 0.625. The Bertz CT molecular complexity index is 459. The molecule has 0 aromatic heterocycles. The van der Waals surface area contributed by atoms with Gasteiger partial charge >= 0.3 is 0 Å². The van der Waals surface area contributed by atoms with Gasteiger partial charge in [0.05, 0.1) is 11.6 Å². The summed E-state index contributed by atoms with van der Waals surface area (Å²) in [5, 5.41) is 0. The Morgan fingerprint density at radius 2 is 1.81 bits per heavy atom. The van der Waals surface area contributed by atoms with Gasteiger partial charge in [0.25, 0.3) is 0 Å². The van der Waals surface area contributed by atoms with Crippen LogP contribution in [0.4, 0.5) is 0 Å². The predicted molar refractivity (Wildman–Crippen MR) is 90.8 cm³/mol. The Kier molecular flexibility index (Phi) is 6.05. The lowest BCUT2D eigenvalue weighted by atomic mass is 10.0. The van der Waals surface area contributed by atoms with Gasteiger partial charge in [-0.3, -0.25) is 9.80 Å². The number of benzene rings is 1. The van der Waals surface area contributed by atoms with E-state index in [0.717, 1.165) is 36.4 Å². The van der Waals surface area contributed by atoms with E-state index in [1.165, 1.54) is 5.56 Å². The highest BCUT2D eigenvalue weighted by atomic mass is 79.9. The molecular weight excluding hydrogens is 330 g/mol. The molecule has 21 heavy (non-hydrogen) atoms. The van der Waals surface area contributed by atoms with Gasteiger partial charge in [-0.05, 0) is 47.5 Å². The second-order valence-electron chi connectivity index (χ2n) is 5.81. The van der Waals surface area contributed by atoms with Crippen molar-refractivity contribution in [3.05, 3.63) is 28.2 Å². The van der Waals surface area contributed by atoms with Crippen LogP contribution in [0.1, 0.15) is 25.5 Å². The quantitative estimate of drug-likeness (QED) is 0.880. The number of methoxy groups -OCH3 is 1. The van der Waals surface area contributed by atoms with E-state index in [0.29, 0.717) is 12.6 Å². The lowest BCUT2D eigenvalue weighted by Crippen LogP contribution is -2.50. The molecule has 5 heteroatoms. The number of nitrogens with two attached hydrogens (primary N) is 1. The molecule has 1 atom stereocenters. The summed E-state index contributed by atoms with van der Waals surface area (Å²) in [6.07, 6.45) is 0. The first kappa shape index (κ1) is 16.7. The molecule has 1 saturated heterocycles. The first-order valence-corrected chi connectivity index (χ1v) is 8.37. The Hall–Kier alpha value is -0.620. The number of ether oxygens (including phenoxy) is 1. The minimum absolute atomic E-state index is 0.279. The van der Waals surface area contributed by atoms with Gasteiger partial charge in [-0.1, -0.05) is 6.07 Å². The highest BCUT2D eigenvalue weighted by Gasteiger charge is 2.25. The highest BCUT2D eigenvalue weighted by molar-refractivity contribution is 9.10. The van der Waals surface area contributed by atoms with Crippen molar-refractivity contribution in [3.8, 4) is 5.75 Å². The number of rotatable bonds is 5. The molecule has 4 nitrogen and oxygen atoms in total. The van der Waals surface area contributed by atoms with Gasteiger partial charge in [-0.15, -0.1) is 0 Å². The third-order valence-corrected chi connectivity index (χ3v) is 4.92. The Labute approximate surface area is 136 Å². The molecule has 0 bridgehead atoms. The molecule has 1 heterocycles. The highest BCUT2D eigenvalue weighted by Crippen LogP contribution is 2.30. The standard InChI is InChI=1S/C16H26BrN3O/c1-12(2)19-6-8-20(9-7-19)15(11-18)13-4-5-16(21-3)14(17)10-13/h4-5,10,12,15H,6-9,11,18H2,1-3H3. The lowest BCUT2D eigenvalue weighted by Gasteiger charge is -2.40. The zero-order valence-electron chi connectivity index (χ0n) is 13.2. The van der Waals surface area contributed by atoms with Crippen molar-refractivity contribution < 1.29 is 4.74 Å². The maximum absolute atomic E-state index is 6.05. The van der Waals surface area contributed by atoms with Crippen LogP contribution in [0.2, 0.25) is 0 Å². The summed E-state index contributed by atoms with van der Waals surface area (Å²) in [6, 6.07) is 7.16. The second kappa shape index (κ2) is 7.58. The van der Waals surface area contributed by atoms with Crippen LogP contribution in [0.15, 0.2) is 22.7 Å². The van der Waals surface area contributed by atoms with Gasteiger partial charge < -0.3 is 10.5 Å². The van der Waals surface area contributed by atoms with Crippen molar-refractivity contribution in [2.24, 2.45) is 5.73 Å². The van der Waals surface area contributed by atoms with Crippen LogP contribution >= 0.6 is 15.9 Å². The minimum atomic E-state index is 0.279.